The van der Waals surface area contributed by atoms with Crippen LogP contribution in [-0.2, 0) is 0 Å². The van der Waals surface area contributed by atoms with Gasteiger partial charge in [-0.2, -0.15) is 0 Å². The van der Waals surface area contributed by atoms with Gasteiger partial charge in [-0.15, -0.1) is 0 Å². The molecule has 0 saturated heterocycles. The average Bonchev–Trinajstić information content (AvgIpc) is 2.97. The quantitative estimate of drug-likeness (QED) is 0.576. The lowest BCUT2D eigenvalue weighted by atomic mass is 9.99. The Labute approximate surface area is 137 Å². The average molecular weight is 322 g/mol. The number of rotatable bonds is 2. The molecular formula is C18H12ClN3O. The summed E-state index contributed by atoms with van der Waals surface area (Å²) >= 11 is 5.99. The van der Waals surface area contributed by atoms with Crippen LogP contribution in [0.2, 0.25) is 5.02 Å². The molecule has 0 saturated carbocycles. The molecule has 0 bridgehead atoms. The van der Waals surface area contributed by atoms with E-state index < -0.39 is 0 Å². The van der Waals surface area contributed by atoms with E-state index >= 15 is 0 Å². The highest BCUT2D eigenvalue weighted by atomic mass is 35.5. The fourth-order valence-corrected chi connectivity index (χ4v) is 2.77. The van der Waals surface area contributed by atoms with Gasteiger partial charge in [-0.05, 0) is 29.8 Å². The van der Waals surface area contributed by atoms with E-state index in [0.717, 1.165) is 22.1 Å². The lowest BCUT2D eigenvalue weighted by molar-refractivity contribution is 0.618. The second kappa shape index (κ2) is 5.41. The minimum Gasteiger partial charge on any atom is -0.437 e. The molecule has 0 unspecified atom stereocenters. The highest BCUT2D eigenvalue weighted by Crippen LogP contribution is 2.41. The van der Waals surface area contributed by atoms with Gasteiger partial charge in [-0.25, -0.2) is 9.97 Å². The number of nitrogen functional groups attached to an aromatic ring is 1. The van der Waals surface area contributed by atoms with Gasteiger partial charge in [0.1, 0.15) is 17.9 Å². The number of anilines is 1. The maximum absolute atomic E-state index is 6.08. The van der Waals surface area contributed by atoms with Crippen molar-refractivity contribution in [1.29, 1.82) is 0 Å². The van der Waals surface area contributed by atoms with Gasteiger partial charge in [-0.3, -0.25) is 0 Å². The molecule has 112 valence electrons. The van der Waals surface area contributed by atoms with Gasteiger partial charge < -0.3 is 10.2 Å². The fraction of sp³-hybridized carbons (Fsp3) is 0. The van der Waals surface area contributed by atoms with Crippen molar-refractivity contribution in [2.75, 3.05) is 5.73 Å². The maximum Gasteiger partial charge on any atom is 0.232 e. The molecule has 0 spiro atoms. The molecule has 0 fully saturated rings. The first-order valence-electron chi connectivity index (χ1n) is 7.08. The third-order valence-electron chi connectivity index (χ3n) is 3.69. The first-order chi connectivity index (χ1) is 11.2. The zero-order valence-electron chi connectivity index (χ0n) is 12.0. The number of furan rings is 1. The van der Waals surface area contributed by atoms with Gasteiger partial charge in [0.05, 0.1) is 5.39 Å². The predicted octanol–water partition coefficient (Wildman–Crippen LogP) is 4.79. The Balaban J connectivity index is 2.08. The molecule has 0 radical (unpaired) electrons. The second-order valence-corrected chi connectivity index (χ2v) is 5.55. The molecule has 2 aromatic heterocycles. The van der Waals surface area contributed by atoms with E-state index in [9.17, 15) is 0 Å². The zero-order chi connectivity index (χ0) is 15.8. The molecule has 0 aliphatic carbocycles. The van der Waals surface area contributed by atoms with Crippen LogP contribution >= 0.6 is 11.6 Å². The number of hydrogen-bond donors (Lipinski definition) is 1. The first kappa shape index (κ1) is 13.8. The molecule has 0 atom stereocenters. The minimum absolute atomic E-state index is 0.401. The Morgan fingerprint density at radius 3 is 2.35 bits per heavy atom. The number of nitrogens with two attached hydrogens (primary N) is 1. The van der Waals surface area contributed by atoms with Gasteiger partial charge in [0.2, 0.25) is 5.71 Å². The van der Waals surface area contributed by atoms with Gasteiger partial charge in [-0.1, -0.05) is 41.9 Å². The molecular weight excluding hydrogens is 310 g/mol. The Morgan fingerprint density at radius 2 is 1.61 bits per heavy atom. The van der Waals surface area contributed by atoms with Crippen LogP contribution in [0.4, 0.5) is 5.82 Å². The van der Waals surface area contributed by atoms with Crippen LogP contribution in [0.25, 0.3) is 33.6 Å². The number of hydrogen-bond acceptors (Lipinski definition) is 4. The first-order valence-corrected chi connectivity index (χ1v) is 7.46. The normalized spacial score (nSPS) is 11.0. The molecule has 0 aliphatic rings. The molecule has 2 heterocycles. The van der Waals surface area contributed by atoms with Crippen molar-refractivity contribution < 1.29 is 4.42 Å². The van der Waals surface area contributed by atoms with Crippen LogP contribution < -0.4 is 5.73 Å². The Kier molecular flexibility index (Phi) is 3.24. The lowest BCUT2D eigenvalue weighted by Crippen LogP contribution is -1.92. The number of halogens is 1. The zero-order valence-corrected chi connectivity index (χ0v) is 12.8. The summed E-state index contributed by atoms with van der Waals surface area (Å²) in [4.78, 5) is 8.31. The summed E-state index contributed by atoms with van der Waals surface area (Å²) in [5.41, 5.74) is 9.35. The van der Waals surface area contributed by atoms with Crippen LogP contribution in [0.15, 0.2) is 65.3 Å². The number of aromatic nitrogens is 2. The molecule has 0 aliphatic heterocycles. The van der Waals surface area contributed by atoms with E-state index in [1.54, 1.807) is 0 Å². The molecule has 0 amide bonds. The number of nitrogens with zero attached hydrogens (tertiary/aromatic N) is 2. The summed E-state index contributed by atoms with van der Waals surface area (Å²) in [7, 11) is 0. The standard InChI is InChI=1S/C18H12ClN3O/c19-13-8-6-12(7-9-13)16-14(11-4-2-1-3-5-11)15-17(20)21-10-22-18(15)23-16/h1-10H,(H2,20,21,22). The maximum atomic E-state index is 6.08. The van der Waals surface area contributed by atoms with Crippen LogP contribution in [0.5, 0.6) is 0 Å². The summed E-state index contributed by atoms with van der Waals surface area (Å²) in [6.07, 6.45) is 1.40. The van der Waals surface area contributed by atoms with Crippen molar-refractivity contribution in [3.8, 4) is 22.5 Å². The predicted molar refractivity (Wildman–Crippen MR) is 92.1 cm³/mol. The van der Waals surface area contributed by atoms with E-state index in [-0.39, 0.29) is 0 Å². The number of benzene rings is 2. The van der Waals surface area contributed by atoms with Crippen LogP contribution in [0.1, 0.15) is 0 Å². The highest BCUT2D eigenvalue weighted by molar-refractivity contribution is 6.30. The van der Waals surface area contributed by atoms with Crippen LogP contribution in [-0.4, -0.2) is 9.97 Å². The SMILES string of the molecule is Nc1ncnc2oc(-c3ccc(Cl)cc3)c(-c3ccccc3)c12. The van der Waals surface area contributed by atoms with Gasteiger partial charge in [0.25, 0.3) is 0 Å². The fourth-order valence-electron chi connectivity index (χ4n) is 2.64. The van der Waals surface area contributed by atoms with E-state index in [1.807, 2.05) is 54.6 Å². The Hall–Kier alpha value is -2.85. The molecule has 2 N–H and O–H groups in total. The van der Waals surface area contributed by atoms with Crippen molar-refractivity contribution >= 4 is 28.5 Å². The topological polar surface area (TPSA) is 64.9 Å². The summed E-state index contributed by atoms with van der Waals surface area (Å²) in [6.45, 7) is 0. The summed E-state index contributed by atoms with van der Waals surface area (Å²) in [5, 5.41) is 1.40. The Bertz CT molecular complexity index is 979. The largest absolute Gasteiger partial charge is 0.437 e. The Morgan fingerprint density at radius 1 is 0.870 bits per heavy atom. The van der Waals surface area contributed by atoms with Crippen molar-refractivity contribution in [3.05, 3.63) is 65.9 Å². The molecule has 23 heavy (non-hydrogen) atoms. The summed E-state index contributed by atoms with van der Waals surface area (Å²) in [6, 6.07) is 17.4. The highest BCUT2D eigenvalue weighted by Gasteiger charge is 2.20. The smallest absolute Gasteiger partial charge is 0.232 e. The molecule has 2 aromatic carbocycles. The third-order valence-corrected chi connectivity index (χ3v) is 3.94. The van der Waals surface area contributed by atoms with Crippen molar-refractivity contribution in [2.24, 2.45) is 0 Å². The molecule has 5 heteroatoms. The second-order valence-electron chi connectivity index (χ2n) is 5.12. The van der Waals surface area contributed by atoms with E-state index in [1.165, 1.54) is 6.33 Å². The van der Waals surface area contributed by atoms with Gasteiger partial charge in [0.15, 0.2) is 0 Å². The molecule has 4 nitrogen and oxygen atoms in total. The summed E-state index contributed by atoms with van der Waals surface area (Å²) < 4.78 is 5.99. The lowest BCUT2D eigenvalue weighted by Gasteiger charge is -2.04. The van der Waals surface area contributed by atoms with Crippen molar-refractivity contribution in [1.82, 2.24) is 9.97 Å². The van der Waals surface area contributed by atoms with E-state index in [0.29, 0.717) is 22.3 Å². The minimum atomic E-state index is 0.401. The van der Waals surface area contributed by atoms with Gasteiger partial charge >= 0.3 is 0 Å². The van der Waals surface area contributed by atoms with Crippen molar-refractivity contribution in [2.45, 2.75) is 0 Å². The summed E-state index contributed by atoms with van der Waals surface area (Å²) in [5.74, 6) is 1.10. The van der Waals surface area contributed by atoms with Crippen LogP contribution in [0, 0.1) is 0 Å². The third kappa shape index (κ3) is 2.33. The van der Waals surface area contributed by atoms with Gasteiger partial charge in [0, 0.05) is 16.1 Å². The van der Waals surface area contributed by atoms with E-state index in [4.69, 9.17) is 21.8 Å². The van der Waals surface area contributed by atoms with Crippen LogP contribution in [0.3, 0.4) is 0 Å². The van der Waals surface area contributed by atoms with Crippen molar-refractivity contribution in [3.63, 3.8) is 0 Å². The monoisotopic (exact) mass is 321 g/mol. The molecule has 4 rings (SSSR count). The number of fused-ring (bicyclic) bond motifs is 1. The van der Waals surface area contributed by atoms with E-state index in [2.05, 4.69) is 9.97 Å². The molecule has 4 aromatic rings.